The molecule has 0 aromatic heterocycles. The number of thioether (sulfide) groups is 1. The fraction of sp³-hybridized carbons (Fsp3) is 0.300. The zero-order valence-electron chi connectivity index (χ0n) is 7.74. The summed E-state index contributed by atoms with van der Waals surface area (Å²) in [4.78, 5) is 4.17. The fourth-order valence-corrected chi connectivity index (χ4v) is 2.39. The van der Waals surface area contributed by atoms with E-state index in [1.54, 1.807) is 11.8 Å². The predicted octanol–water partition coefficient (Wildman–Crippen LogP) is 2.89. The Labute approximate surface area is 82.5 Å². The lowest BCUT2D eigenvalue weighted by molar-refractivity contribution is 1.10. The predicted molar refractivity (Wildman–Crippen MR) is 59.4 cm³/mol. The fourth-order valence-electron chi connectivity index (χ4n) is 1.45. The third-order valence-corrected chi connectivity index (χ3v) is 3.25. The number of aliphatic imine (C=N–C) groups is 1. The van der Waals surface area contributed by atoms with Gasteiger partial charge in [-0.05, 0) is 18.6 Å². The molecule has 1 aromatic rings. The molecule has 1 aliphatic rings. The summed E-state index contributed by atoms with van der Waals surface area (Å²) in [5, 5.41) is 4.79. The maximum atomic E-state index is 4.17. The zero-order chi connectivity index (χ0) is 9.26. The van der Waals surface area contributed by atoms with Crippen LogP contribution in [-0.2, 0) is 0 Å². The monoisotopic (exact) mass is 192 g/mol. The van der Waals surface area contributed by atoms with Crippen LogP contribution in [0.5, 0.6) is 0 Å². The van der Waals surface area contributed by atoms with Crippen LogP contribution in [-0.4, -0.2) is 12.2 Å². The van der Waals surface area contributed by atoms with Gasteiger partial charge in [0.25, 0.3) is 0 Å². The van der Waals surface area contributed by atoms with Gasteiger partial charge in [-0.1, -0.05) is 30.0 Å². The van der Waals surface area contributed by atoms with Crippen molar-refractivity contribution in [2.24, 2.45) is 4.99 Å². The second kappa shape index (κ2) is 3.42. The average molecular weight is 192 g/mol. The van der Waals surface area contributed by atoms with Gasteiger partial charge in [-0.15, -0.1) is 0 Å². The van der Waals surface area contributed by atoms with E-state index in [1.807, 2.05) is 13.1 Å². The molecular weight excluding hydrogens is 180 g/mol. The molecule has 0 spiro atoms. The first-order chi connectivity index (χ1) is 6.31. The van der Waals surface area contributed by atoms with Crippen LogP contribution in [0.3, 0.4) is 0 Å². The van der Waals surface area contributed by atoms with Gasteiger partial charge in [0.15, 0.2) is 5.17 Å². The quantitative estimate of drug-likeness (QED) is 0.683. The van der Waals surface area contributed by atoms with Crippen molar-refractivity contribution in [3.63, 3.8) is 0 Å². The van der Waals surface area contributed by atoms with Gasteiger partial charge in [0.1, 0.15) is 0 Å². The highest BCUT2D eigenvalue weighted by molar-refractivity contribution is 8.14. The standard InChI is InChI=1S/C10H12N2S/c1-7-8-5-3-4-6-9(8)12-10(11-2)13-7/h3-7H,1-2H3,(H,11,12). The Morgan fingerprint density at radius 3 is 2.92 bits per heavy atom. The summed E-state index contributed by atoms with van der Waals surface area (Å²) in [5.74, 6) is 0. The van der Waals surface area contributed by atoms with Crippen LogP contribution >= 0.6 is 11.8 Å². The van der Waals surface area contributed by atoms with Gasteiger partial charge < -0.3 is 5.32 Å². The highest BCUT2D eigenvalue weighted by Gasteiger charge is 2.19. The van der Waals surface area contributed by atoms with E-state index in [-0.39, 0.29) is 0 Å². The minimum atomic E-state index is 0.496. The lowest BCUT2D eigenvalue weighted by atomic mass is 10.1. The largest absolute Gasteiger partial charge is 0.335 e. The first kappa shape index (κ1) is 8.63. The van der Waals surface area contributed by atoms with E-state index in [1.165, 1.54) is 11.3 Å². The molecule has 0 aliphatic carbocycles. The number of fused-ring (bicyclic) bond motifs is 1. The summed E-state index contributed by atoms with van der Waals surface area (Å²) in [7, 11) is 1.82. The summed E-state index contributed by atoms with van der Waals surface area (Å²) in [6, 6.07) is 8.37. The molecule has 3 heteroatoms. The number of rotatable bonds is 0. The summed E-state index contributed by atoms with van der Waals surface area (Å²) < 4.78 is 0. The SMILES string of the molecule is CN=C1Nc2ccccc2C(C)S1. The molecule has 2 nitrogen and oxygen atoms in total. The Balaban J connectivity index is 2.42. The number of nitrogens with zero attached hydrogens (tertiary/aromatic N) is 1. The number of para-hydroxylation sites is 1. The summed E-state index contributed by atoms with van der Waals surface area (Å²) in [6.45, 7) is 2.20. The minimum Gasteiger partial charge on any atom is -0.335 e. The van der Waals surface area contributed by atoms with E-state index in [0.29, 0.717) is 5.25 Å². The number of hydrogen-bond acceptors (Lipinski definition) is 2. The molecule has 1 aliphatic heterocycles. The van der Waals surface area contributed by atoms with Gasteiger partial charge in [-0.25, -0.2) is 0 Å². The molecule has 0 radical (unpaired) electrons. The molecule has 1 atom stereocenters. The molecule has 0 saturated carbocycles. The first-order valence-electron chi connectivity index (χ1n) is 4.30. The van der Waals surface area contributed by atoms with Crippen molar-refractivity contribution < 1.29 is 0 Å². The van der Waals surface area contributed by atoms with Gasteiger partial charge in [-0.2, -0.15) is 0 Å². The Morgan fingerprint density at radius 2 is 2.15 bits per heavy atom. The molecule has 0 fully saturated rings. The van der Waals surface area contributed by atoms with E-state index in [4.69, 9.17) is 0 Å². The van der Waals surface area contributed by atoms with E-state index in [9.17, 15) is 0 Å². The smallest absolute Gasteiger partial charge is 0.161 e. The molecular formula is C10H12N2S. The first-order valence-corrected chi connectivity index (χ1v) is 5.18. The number of amidine groups is 1. The van der Waals surface area contributed by atoms with Crippen LogP contribution in [0.15, 0.2) is 29.3 Å². The molecule has 13 heavy (non-hydrogen) atoms. The summed E-state index contributed by atoms with van der Waals surface area (Å²) in [5.41, 5.74) is 2.55. The number of nitrogens with one attached hydrogen (secondary N) is 1. The van der Waals surface area contributed by atoms with E-state index in [2.05, 4.69) is 35.4 Å². The highest BCUT2D eigenvalue weighted by Crippen LogP contribution is 2.38. The topological polar surface area (TPSA) is 24.4 Å². The van der Waals surface area contributed by atoms with Gasteiger partial charge in [0, 0.05) is 18.0 Å². The second-order valence-corrected chi connectivity index (χ2v) is 4.33. The van der Waals surface area contributed by atoms with Gasteiger partial charge in [0.2, 0.25) is 0 Å². The second-order valence-electron chi connectivity index (χ2n) is 3.00. The maximum absolute atomic E-state index is 4.17. The van der Waals surface area contributed by atoms with Crippen LogP contribution in [0, 0.1) is 0 Å². The highest BCUT2D eigenvalue weighted by atomic mass is 32.2. The summed E-state index contributed by atoms with van der Waals surface area (Å²) in [6.07, 6.45) is 0. The minimum absolute atomic E-state index is 0.496. The number of benzene rings is 1. The number of anilines is 1. The molecule has 1 aromatic carbocycles. The number of hydrogen-bond donors (Lipinski definition) is 1. The van der Waals surface area contributed by atoms with Crippen molar-refractivity contribution >= 4 is 22.6 Å². The zero-order valence-corrected chi connectivity index (χ0v) is 8.56. The van der Waals surface area contributed by atoms with Crippen molar-refractivity contribution in [2.75, 3.05) is 12.4 Å². The lowest BCUT2D eigenvalue weighted by Gasteiger charge is -2.23. The average Bonchev–Trinajstić information content (AvgIpc) is 2.18. The Morgan fingerprint density at radius 1 is 1.38 bits per heavy atom. The maximum Gasteiger partial charge on any atom is 0.161 e. The molecule has 0 saturated heterocycles. The molecule has 0 amide bonds. The van der Waals surface area contributed by atoms with Crippen molar-refractivity contribution in [3.8, 4) is 0 Å². The molecule has 1 heterocycles. The Hall–Kier alpha value is -0.960. The van der Waals surface area contributed by atoms with Gasteiger partial charge in [-0.3, -0.25) is 4.99 Å². The molecule has 68 valence electrons. The normalized spacial score (nSPS) is 23.8. The van der Waals surface area contributed by atoms with E-state index < -0.39 is 0 Å². The van der Waals surface area contributed by atoms with Crippen molar-refractivity contribution in [2.45, 2.75) is 12.2 Å². The molecule has 0 bridgehead atoms. The van der Waals surface area contributed by atoms with Crippen molar-refractivity contribution in [3.05, 3.63) is 29.8 Å². The van der Waals surface area contributed by atoms with Crippen LogP contribution < -0.4 is 5.32 Å². The van der Waals surface area contributed by atoms with Crippen molar-refractivity contribution in [1.82, 2.24) is 0 Å². The molecule has 1 N–H and O–H groups in total. The molecule has 2 rings (SSSR count). The van der Waals surface area contributed by atoms with Crippen LogP contribution in [0.25, 0.3) is 0 Å². The van der Waals surface area contributed by atoms with Crippen LogP contribution in [0.1, 0.15) is 17.7 Å². The van der Waals surface area contributed by atoms with Gasteiger partial charge >= 0.3 is 0 Å². The lowest BCUT2D eigenvalue weighted by Crippen LogP contribution is -2.16. The van der Waals surface area contributed by atoms with E-state index in [0.717, 1.165) is 5.17 Å². The Bertz CT molecular complexity index is 347. The van der Waals surface area contributed by atoms with Gasteiger partial charge in [0.05, 0.1) is 0 Å². The molecule has 1 unspecified atom stereocenters. The van der Waals surface area contributed by atoms with Crippen LogP contribution in [0.4, 0.5) is 5.69 Å². The van der Waals surface area contributed by atoms with Crippen molar-refractivity contribution in [1.29, 1.82) is 0 Å². The Kier molecular flexibility index (Phi) is 2.27. The summed E-state index contributed by atoms with van der Waals surface area (Å²) >= 11 is 1.77. The van der Waals surface area contributed by atoms with Crippen LogP contribution in [0.2, 0.25) is 0 Å². The third-order valence-electron chi connectivity index (χ3n) is 2.13. The third kappa shape index (κ3) is 1.56. The van der Waals surface area contributed by atoms with E-state index >= 15 is 0 Å².